The highest BCUT2D eigenvalue weighted by Gasteiger charge is 2.19. The fourth-order valence-electron chi connectivity index (χ4n) is 3.90. The second-order valence-corrected chi connectivity index (χ2v) is 7.59. The fraction of sp³-hybridized carbons (Fsp3) is 0.174. The van der Waals surface area contributed by atoms with Crippen molar-refractivity contribution in [2.45, 2.75) is 0 Å². The number of anilines is 1. The maximum absolute atomic E-state index is 14.3. The summed E-state index contributed by atoms with van der Waals surface area (Å²) in [5, 5.41) is 2.82. The Morgan fingerprint density at radius 1 is 0.727 bits per heavy atom. The number of fused-ring (bicyclic) bond motifs is 2. The molecule has 0 aliphatic heterocycles. The summed E-state index contributed by atoms with van der Waals surface area (Å²) < 4.78 is 50.7. The second kappa shape index (κ2) is 7.51. The molecule has 0 spiro atoms. The van der Waals surface area contributed by atoms with Crippen LogP contribution in [0.4, 0.5) is 18.9 Å². The maximum Gasteiger partial charge on any atom is 0.161 e. The molecule has 2 aromatic carbocycles. The third-order valence-corrected chi connectivity index (χ3v) is 5.65. The average molecular weight is 452 g/mol. The van der Waals surface area contributed by atoms with Crippen molar-refractivity contribution in [3.8, 4) is 28.8 Å². The van der Waals surface area contributed by atoms with E-state index in [9.17, 15) is 13.2 Å². The first-order chi connectivity index (χ1) is 15.8. The van der Waals surface area contributed by atoms with Gasteiger partial charge in [-0.2, -0.15) is 0 Å². The third kappa shape index (κ3) is 3.25. The number of halogens is 3. The first-order valence-corrected chi connectivity index (χ1v) is 10.0. The van der Waals surface area contributed by atoms with Gasteiger partial charge >= 0.3 is 0 Å². The standard InChI is InChI=1S/C23H19F3N6O/c1-27-15-10-21-17(8-14(15)26)30-23(32(21)3)19-6-11(33-4)5-18(28-19)22-29-16-7-12(24)13(25)9-20(16)31(22)2/h5-10,27H,1-4H3. The summed E-state index contributed by atoms with van der Waals surface area (Å²) in [7, 11) is 6.67. The number of nitrogens with zero attached hydrogens (tertiary/aromatic N) is 5. The topological polar surface area (TPSA) is 69.8 Å². The maximum atomic E-state index is 14.3. The number of imidazole rings is 2. The Bertz CT molecular complexity index is 1560. The van der Waals surface area contributed by atoms with Gasteiger partial charge in [0.05, 0.1) is 34.9 Å². The fourth-order valence-corrected chi connectivity index (χ4v) is 3.90. The normalized spacial score (nSPS) is 11.5. The molecule has 5 rings (SSSR count). The molecule has 0 amide bonds. The van der Waals surface area contributed by atoms with Crippen molar-refractivity contribution in [1.29, 1.82) is 0 Å². The Balaban J connectivity index is 1.72. The van der Waals surface area contributed by atoms with Gasteiger partial charge in [0, 0.05) is 51.5 Å². The Kier molecular flexibility index (Phi) is 4.73. The summed E-state index contributed by atoms with van der Waals surface area (Å²) in [6, 6.07) is 8.58. The predicted molar refractivity (Wildman–Crippen MR) is 120 cm³/mol. The highest BCUT2D eigenvalue weighted by atomic mass is 19.2. The zero-order chi connectivity index (χ0) is 23.4. The van der Waals surface area contributed by atoms with Crippen LogP contribution in [0.1, 0.15) is 0 Å². The van der Waals surface area contributed by atoms with Crippen molar-refractivity contribution in [3.63, 3.8) is 0 Å². The molecule has 3 aromatic heterocycles. The molecule has 0 fully saturated rings. The van der Waals surface area contributed by atoms with Crippen molar-refractivity contribution in [3.05, 3.63) is 53.8 Å². The van der Waals surface area contributed by atoms with E-state index in [2.05, 4.69) is 15.3 Å². The lowest BCUT2D eigenvalue weighted by Gasteiger charge is -2.09. The second-order valence-electron chi connectivity index (χ2n) is 7.59. The summed E-state index contributed by atoms with van der Waals surface area (Å²) >= 11 is 0. The highest BCUT2D eigenvalue weighted by molar-refractivity contribution is 5.84. The van der Waals surface area contributed by atoms with Gasteiger partial charge in [-0.1, -0.05) is 0 Å². The lowest BCUT2D eigenvalue weighted by atomic mass is 10.2. The number of pyridine rings is 1. The first-order valence-electron chi connectivity index (χ1n) is 10.0. The Morgan fingerprint density at radius 3 is 1.79 bits per heavy atom. The van der Waals surface area contributed by atoms with Gasteiger partial charge in [0.25, 0.3) is 0 Å². The van der Waals surface area contributed by atoms with Crippen molar-refractivity contribution in [2.24, 2.45) is 14.1 Å². The van der Waals surface area contributed by atoms with Gasteiger partial charge in [-0.3, -0.25) is 0 Å². The van der Waals surface area contributed by atoms with E-state index in [1.54, 1.807) is 41.4 Å². The number of hydrogen-bond donors (Lipinski definition) is 1. The van der Waals surface area contributed by atoms with Gasteiger partial charge in [0.15, 0.2) is 23.3 Å². The molecule has 0 saturated carbocycles. The van der Waals surface area contributed by atoms with E-state index >= 15 is 0 Å². The zero-order valence-corrected chi connectivity index (χ0v) is 18.2. The Morgan fingerprint density at radius 2 is 1.24 bits per heavy atom. The van der Waals surface area contributed by atoms with Crippen LogP contribution in [-0.2, 0) is 14.1 Å². The molecule has 5 aromatic rings. The number of rotatable bonds is 4. The number of methoxy groups -OCH3 is 1. The smallest absolute Gasteiger partial charge is 0.161 e. The van der Waals surface area contributed by atoms with Crippen LogP contribution in [0, 0.1) is 17.5 Å². The Labute approximate surface area is 186 Å². The van der Waals surface area contributed by atoms with Crippen LogP contribution in [0.2, 0.25) is 0 Å². The number of aryl methyl sites for hydroxylation is 2. The highest BCUT2D eigenvalue weighted by Crippen LogP contribution is 2.32. The molecule has 0 saturated heterocycles. The minimum atomic E-state index is -0.973. The average Bonchev–Trinajstić information content (AvgIpc) is 3.29. The lowest BCUT2D eigenvalue weighted by molar-refractivity contribution is 0.414. The van der Waals surface area contributed by atoms with Crippen molar-refractivity contribution in [1.82, 2.24) is 24.1 Å². The molecule has 0 radical (unpaired) electrons. The molecule has 10 heteroatoms. The van der Waals surface area contributed by atoms with Crippen molar-refractivity contribution >= 4 is 27.8 Å². The molecule has 0 unspecified atom stereocenters. The number of nitrogens with one attached hydrogen (secondary N) is 1. The first kappa shape index (κ1) is 20.8. The lowest BCUT2D eigenvalue weighted by Crippen LogP contribution is -2.00. The van der Waals surface area contributed by atoms with E-state index in [0.29, 0.717) is 51.0 Å². The quantitative estimate of drug-likeness (QED) is 0.430. The van der Waals surface area contributed by atoms with Crippen LogP contribution < -0.4 is 10.1 Å². The van der Waals surface area contributed by atoms with Gasteiger partial charge in [0.2, 0.25) is 0 Å². The van der Waals surface area contributed by atoms with E-state index in [-0.39, 0.29) is 0 Å². The van der Waals surface area contributed by atoms with Crippen LogP contribution in [-0.4, -0.2) is 38.2 Å². The molecule has 0 aliphatic rings. The monoisotopic (exact) mass is 452 g/mol. The molecule has 168 valence electrons. The SMILES string of the molecule is CNc1cc2c(cc1F)nc(-c1cc(OC)cc(-c3nc4cc(F)c(F)cc4n3C)n1)n2C. The van der Waals surface area contributed by atoms with E-state index in [4.69, 9.17) is 9.72 Å². The van der Waals surface area contributed by atoms with Gasteiger partial charge in [-0.25, -0.2) is 28.1 Å². The van der Waals surface area contributed by atoms with Crippen LogP contribution >= 0.6 is 0 Å². The molecular weight excluding hydrogens is 433 g/mol. The van der Waals surface area contributed by atoms with Crippen LogP contribution in [0.25, 0.3) is 45.1 Å². The molecule has 0 atom stereocenters. The summed E-state index contributed by atoms with van der Waals surface area (Å²) in [6.45, 7) is 0. The van der Waals surface area contributed by atoms with Crippen LogP contribution in [0.15, 0.2) is 36.4 Å². The Hall–Kier alpha value is -4.08. The molecule has 1 N–H and O–H groups in total. The third-order valence-electron chi connectivity index (χ3n) is 5.65. The predicted octanol–water partition coefficient (Wildman–Crippen LogP) is 4.66. The summed E-state index contributed by atoms with van der Waals surface area (Å²) in [6.07, 6.45) is 0. The van der Waals surface area contributed by atoms with Gasteiger partial charge in [0.1, 0.15) is 23.0 Å². The summed E-state index contributed by atoms with van der Waals surface area (Å²) in [4.78, 5) is 13.7. The van der Waals surface area contributed by atoms with E-state index in [0.717, 1.165) is 17.6 Å². The van der Waals surface area contributed by atoms with Gasteiger partial charge < -0.3 is 19.2 Å². The van der Waals surface area contributed by atoms with Crippen molar-refractivity contribution in [2.75, 3.05) is 19.5 Å². The number of aromatic nitrogens is 5. The zero-order valence-electron chi connectivity index (χ0n) is 18.2. The summed E-state index contributed by atoms with van der Waals surface area (Å²) in [5.74, 6) is -0.948. The molecule has 33 heavy (non-hydrogen) atoms. The molecular formula is C23H19F3N6O. The van der Waals surface area contributed by atoms with Gasteiger partial charge in [-0.15, -0.1) is 0 Å². The number of benzene rings is 2. The van der Waals surface area contributed by atoms with E-state index < -0.39 is 17.5 Å². The number of ether oxygens (including phenoxy) is 1. The molecule has 0 aliphatic carbocycles. The van der Waals surface area contributed by atoms with E-state index in [1.165, 1.54) is 13.2 Å². The largest absolute Gasteiger partial charge is 0.497 e. The van der Waals surface area contributed by atoms with Crippen LogP contribution in [0.3, 0.4) is 0 Å². The van der Waals surface area contributed by atoms with Crippen LogP contribution in [0.5, 0.6) is 5.75 Å². The minimum absolute atomic E-state index is 0.301. The minimum Gasteiger partial charge on any atom is -0.497 e. The number of hydrogen-bond acceptors (Lipinski definition) is 5. The van der Waals surface area contributed by atoms with Gasteiger partial charge in [-0.05, 0) is 6.07 Å². The molecule has 3 heterocycles. The van der Waals surface area contributed by atoms with Crippen molar-refractivity contribution < 1.29 is 17.9 Å². The van der Waals surface area contributed by atoms with E-state index in [1.807, 2.05) is 7.05 Å². The summed E-state index contributed by atoms with van der Waals surface area (Å²) in [5.41, 5.74) is 3.18. The molecule has 0 bridgehead atoms. The molecule has 7 nitrogen and oxygen atoms in total.